The molecule has 0 aliphatic heterocycles. The van der Waals surface area contributed by atoms with Gasteiger partial charge in [-0.05, 0) is 11.6 Å². The summed E-state index contributed by atoms with van der Waals surface area (Å²) in [4.78, 5) is 15.1. The van der Waals surface area contributed by atoms with Crippen molar-refractivity contribution < 1.29 is 14.6 Å². The SMILES string of the molecule is COc1cc(CC(=O)O)cc(-c2ccccc2)n1. The summed E-state index contributed by atoms with van der Waals surface area (Å²) in [5, 5.41) is 8.83. The van der Waals surface area contributed by atoms with Crippen LogP contribution in [0.25, 0.3) is 11.3 Å². The second kappa shape index (κ2) is 5.31. The zero-order valence-corrected chi connectivity index (χ0v) is 9.96. The van der Waals surface area contributed by atoms with E-state index in [1.54, 1.807) is 12.1 Å². The number of rotatable bonds is 4. The van der Waals surface area contributed by atoms with E-state index in [2.05, 4.69) is 4.98 Å². The smallest absolute Gasteiger partial charge is 0.307 e. The molecule has 0 aliphatic carbocycles. The van der Waals surface area contributed by atoms with Crippen molar-refractivity contribution in [3.63, 3.8) is 0 Å². The highest BCUT2D eigenvalue weighted by atomic mass is 16.5. The minimum absolute atomic E-state index is 0.0429. The first-order valence-electron chi connectivity index (χ1n) is 5.51. The molecule has 0 spiro atoms. The first kappa shape index (κ1) is 12.1. The Bertz CT molecular complexity index is 552. The fourth-order valence-electron chi connectivity index (χ4n) is 1.70. The lowest BCUT2D eigenvalue weighted by Gasteiger charge is -2.07. The summed E-state index contributed by atoms with van der Waals surface area (Å²) in [6.45, 7) is 0. The normalized spacial score (nSPS) is 10.1. The molecule has 2 aromatic rings. The van der Waals surface area contributed by atoms with Crippen LogP contribution in [0.1, 0.15) is 5.56 Å². The van der Waals surface area contributed by atoms with Gasteiger partial charge in [0, 0.05) is 11.6 Å². The molecule has 0 radical (unpaired) electrons. The van der Waals surface area contributed by atoms with E-state index in [0.717, 1.165) is 5.56 Å². The van der Waals surface area contributed by atoms with E-state index in [1.807, 2.05) is 30.3 Å². The van der Waals surface area contributed by atoms with Crippen LogP contribution in [-0.4, -0.2) is 23.2 Å². The molecule has 0 unspecified atom stereocenters. The van der Waals surface area contributed by atoms with Crippen molar-refractivity contribution in [2.75, 3.05) is 7.11 Å². The highest BCUT2D eigenvalue weighted by Gasteiger charge is 2.07. The maximum absolute atomic E-state index is 10.8. The number of carboxylic acids is 1. The Labute approximate surface area is 105 Å². The molecule has 1 aromatic heterocycles. The van der Waals surface area contributed by atoms with E-state index in [1.165, 1.54) is 7.11 Å². The number of benzene rings is 1. The first-order chi connectivity index (χ1) is 8.69. The lowest BCUT2D eigenvalue weighted by molar-refractivity contribution is -0.136. The lowest BCUT2D eigenvalue weighted by atomic mass is 10.1. The van der Waals surface area contributed by atoms with Gasteiger partial charge >= 0.3 is 5.97 Å². The number of hydrogen-bond donors (Lipinski definition) is 1. The number of nitrogens with zero attached hydrogens (tertiary/aromatic N) is 1. The summed E-state index contributed by atoms with van der Waals surface area (Å²) in [5.74, 6) is -0.449. The Balaban J connectivity index is 2.44. The summed E-state index contributed by atoms with van der Waals surface area (Å²) in [7, 11) is 1.52. The maximum Gasteiger partial charge on any atom is 0.307 e. The van der Waals surface area contributed by atoms with Gasteiger partial charge in [0.1, 0.15) is 0 Å². The van der Waals surface area contributed by atoms with Crippen molar-refractivity contribution in [1.29, 1.82) is 0 Å². The highest BCUT2D eigenvalue weighted by Crippen LogP contribution is 2.22. The molecular weight excluding hydrogens is 230 g/mol. The molecule has 0 saturated carbocycles. The second-order valence-corrected chi connectivity index (χ2v) is 3.84. The summed E-state index contributed by atoms with van der Waals surface area (Å²) >= 11 is 0. The third kappa shape index (κ3) is 2.85. The van der Waals surface area contributed by atoms with Crippen molar-refractivity contribution in [1.82, 2.24) is 4.98 Å². The standard InChI is InChI=1S/C14H13NO3/c1-18-13-8-10(9-14(16)17)7-12(15-13)11-5-3-2-4-6-11/h2-8H,9H2,1H3,(H,16,17). The van der Waals surface area contributed by atoms with Gasteiger partial charge in [-0.3, -0.25) is 4.79 Å². The number of ether oxygens (including phenoxy) is 1. The van der Waals surface area contributed by atoms with Crippen molar-refractivity contribution in [3.8, 4) is 17.1 Å². The van der Waals surface area contributed by atoms with Crippen molar-refractivity contribution in [2.45, 2.75) is 6.42 Å². The van der Waals surface area contributed by atoms with Crippen LogP contribution in [0.2, 0.25) is 0 Å². The van der Waals surface area contributed by atoms with Gasteiger partial charge in [0.15, 0.2) is 0 Å². The molecule has 2 rings (SSSR count). The third-order valence-corrected chi connectivity index (χ3v) is 2.50. The maximum atomic E-state index is 10.8. The predicted molar refractivity (Wildman–Crippen MR) is 67.6 cm³/mol. The van der Waals surface area contributed by atoms with E-state index < -0.39 is 5.97 Å². The van der Waals surface area contributed by atoms with Crippen molar-refractivity contribution in [3.05, 3.63) is 48.0 Å². The van der Waals surface area contributed by atoms with Crippen LogP contribution in [-0.2, 0) is 11.2 Å². The van der Waals surface area contributed by atoms with E-state index in [-0.39, 0.29) is 6.42 Å². The fraction of sp³-hybridized carbons (Fsp3) is 0.143. The lowest BCUT2D eigenvalue weighted by Crippen LogP contribution is -2.02. The number of aromatic nitrogens is 1. The Morgan fingerprint density at radius 3 is 2.61 bits per heavy atom. The molecule has 0 saturated heterocycles. The molecule has 4 heteroatoms. The number of methoxy groups -OCH3 is 1. The minimum Gasteiger partial charge on any atom is -0.481 e. The topological polar surface area (TPSA) is 59.4 Å². The van der Waals surface area contributed by atoms with Gasteiger partial charge in [-0.2, -0.15) is 0 Å². The third-order valence-electron chi connectivity index (χ3n) is 2.50. The zero-order chi connectivity index (χ0) is 13.0. The monoisotopic (exact) mass is 243 g/mol. The van der Waals surface area contributed by atoms with Gasteiger partial charge in [-0.1, -0.05) is 30.3 Å². The molecule has 18 heavy (non-hydrogen) atoms. The van der Waals surface area contributed by atoms with Crippen LogP contribution in [0.5, 0.6) is 5.88 Å². The molecule has 0 atom stereocenters. The molecule has 1 N–H and O–H groups in total. The predicted octanol–water partition coefficient (Wildman–Crippen LogP) is 2.38. The Hall–Kier alpha value is -2.36. The molecule has 0 fully saturated rings. The Morgan fingerprint density at radius 1 is 1.28 bits per heavy atom. The number of carboxylic acid groups (broad SMARTS) is 1. The molecule has 0 aliphatic rings. The zero-order valence-electron chi connectivity index (χ0n) is 9.96. The van der Waals surface area contributed by atoms with E-state index in [0.29, 0.717) is 17.1 Å². The quantitative estimate of drug-likeness (QED) is 0.895. The number of pyridine rings is 1. The van der Waals surface area contributed by atoms with Crippen LogP contribution in [0.3, 0.4) is 0 Å². The van der Waals surface area contributed by atoms with E-state index >= 15 is 0 Å². The largest absolute Gasteiger partial charge is 0.481 e. The summed E-state index contributed by atoms with van der Waals surface area (Å²) < 4.78 is 5.09. The van der Waals surface area contributed by atoms with Gasteiger partial charge < -0.3 is 9.84 Å². The Morgan fingerprint density at radius 2 is 2.00 bits per heavy atom. The Kier molecular flexibility index (Phi) is 3.57. The van der Waals surface area contributed by atoms with Gasteiger partial charge in [0.25, 0.3) is 0 Å². The fourth-order valence-corrected chi connectivity index (χ4v) is 1.70. The number of aliphatic carboxylic acids is 1. The second-order valence-electron chi connectivity index (χ2n) is 3.84. The molecule has 0 amide bonds. The molecule has 1 heterocycles. The summed E-state index contributed by atoms with van der Waals surface area (Å²) in [6.07, 6.45) is -0.0429. The average Bonchev–Trinajstić information content (AvgIpc) is 2.38. The van der Waals surface area contributed by atoms with Gasteiger partial charge in [0.2, 0.25) is 5.88 Å². The van der Waals surface area contributed by atoms with Crippen LogP contribution in [0.4, 0.5) is 0 Å². The number of carbonyl (C=O) groups is 1. The molecule has 0 bridgehead atoms. The molecular formula is C14H13NO3. The number of hydrogen-bond acceptors (Lipinski definition) is 3. The molecule has 1 aromatic carbocycles. The first-order valence-corrected chi connectivity index (χ1v) is 5.51. The molecule has 4 nitrogen and oxygen atoms in total. The van der Waals surface area contributed by atoms with E-state index in [4.69, 9.17) is 9.84 Å². The van der Waals surface area contributed by atoms with Crippen LogP contribution < -0.4 is 4.74 Å². The van der Waals surface area contributed by atoms with Gasteiger partial charge in [0.05, 0.1) is 19.2 Å². The van der Waals surface area contributed by atoms with Crippen LogP contribution in [0, 0.1) is 0 Å². The van der Waals surface area contributed by atoms with Crippen molar-refractivity contribution in [2.24, 2.45) is 0 Å². The minimum atomic E-state index is -0.873. The average molecular weight is 243 g/mol. The van der Waals surface area contributed by atoms with E-state index in [9.17, 15) is 4.79 Å². The van der Waals surface area contributed by atoms with Crippen LogP contribution >= 0.6 is 0 Å². The van der Waals surface area contributed by atoms with Crippen molar-refractivity contribution >= 4 is 5.97 Å². The van der Waals surface area contributed by atoms with Crippen LogP contribution in [0.15, 0.2) is 42.5 Å². The molecule has 92 valence electrons. The summed E-state index contributed by atoms with van der Waals surface area (Å²) in [5.41, 5.74) is 2.32. The van der Waals surface area contributed by atoms with Gasteiger partial charge in [-0.15, -0.1) is 0 Å². The highest BCUT2D eigenvalue weighted by molar-refractivity contribution is 5.71. The summed E-state index contributed by atoms with van der Waals surface area (Å²) in [6, 6.07) is 13.0. The van der Waals surface area contributed by atoms with Gasteiger partial charge in [-0.25, -0.2) is 4.98 Å².